The summed E-state index contributed by atoms with van der Waals surface area (Å²) in [6, 6.07) is 15.0. The molecule has 0 aromatic heterocycles. The lowest BCUT2D eigenvalue weighted by Crippen LogP contribution is -2.30. The molecule has 0 unspecified atom stereocenters. The summed E-state index contributed by atoms with van der Waals surface area (Å²) in [5, 5.41) is 0. The van der Waals surface area contributed by atoms with Crippen LogP contribution >= 0.6 is 0 Å². The molecule has 150 valence electrons. The van der Waals surface area contributed by atoms with Crippen LogP contribution in [0.2, 0.25) is 0 Å². The van der Waals surface area contributed by atoms with E-state index in [1.54, 1.807) is 6.08 Å². The number of aryl methyl sites for hydroxylation is 3. The zero-order chi connectivity index (χ0) is 20.7. The van der Waals surface area contributed by atoms with Crippen LogP contribution in [0.25, 0.3) is 5.70 Å². The lowest BCUT2D eigenvalue weighted by Gasteiger charge is -2.32. The average Bonchev–Trinajstić information content (AvgIpc) is 3.05. The van der Waals surface area contributed by atoms with Crippen molar-refractivity contribution in [2.75, 3.05) is 11.6 Å². The Bertz CT molecular complexity index is 1010. The van der Waals surface area contributed by atoms with Gasteiger partial charge in [0.1, 0.15) is 5.83 Å². The van der Waals surface area contributed by atoms with E-state index in [0.717, 1.165) is 12.2 Å². The second-order valence-electron chi connectivity index (χ2n) is 8.43. The zero-order valence-corrected chi connectivity index (χ0v) is 18.0. The van der Waals surface area contributed by atoms with E-state index in [2.05, 4.69) is 80.1 Å². The number of hydrogen-bond acceptors (Lipinski definition) is 2. The van der Waals surface area contributed by atoms with Gasteiger partial charge in [-0.15, -0.1) is 0 Å². The van der Waals surface area contributed by atoms with Crippen molar-refractivity contribution in [1.29, 1.82) is 0 Å². The Morgan fingerprint density at radius 1 is 0.966 bits per heavy atom. The minimum Gasteiger partial charge on any atom is -0.331 e. The third-order valence-corrected chi connectivity index (χ3v) is 5.89. The number of rotatable bonds is 3. The molecule has 0 saturated carbocycles. The fourth-order valence-corrected chi connectivity index (χ4v) is 4.92. The van der Waals surface area contributed by atoms with Crippen molar-refractivity contribution in [2.45, 2.75) is 41.0 Å². The van der Waals surface area contributed by atoms with Crippen molar-refractivity contribution in [3.05, 3.63) is 94.1 Å². The Hall–Kier alpha value is -2.81. The number of halogens is 1. The van der Waals surface area contributed by atoms with Crippen LogP contribution in [-0.2, 0) is 0 Å². The van der Waals surface area contributed by atoms with Crippen molar-refractivity contribution >= 4 is 11.4 Å². The largest absolute Gasteiger partial charge is 0.331 e. The molecule has 3 heteroatoms. The van der Waals surface area contributed by atoms with E-state index in [-0.39, 0.29) is 11.7 Å². The summed E-state index contributed by atoms with van der Waals surface area (Å²) in [4.78, 5) is 4.71. The molecule has 0 amide bonds. The van der Waals surface area contributed by atoms with Crippen LogP contribution in [0.5, 0.6) is 0 Å². The van der Waals surface area contributed by atoms with E-state index in [1.807, 2.05) is 13.0 Å². The molecule has 2 aliphatic rings. The monoisotopic (exact) mass is 388 g/mol. The van der Waals surface area contributed by atoms with Crippen LogP contribution in [-0.4, -0.2) is 11.6 Å². The van der Waals surface area contributed by atoms with Gasteiger partial charge in [-0.2, -0.15) is 0 Å². The molecular weight excluding hydrogens is 359 g/mol. The fraction of sp³-hybridized carbons (Fsp3) is 0.308. The summed E-state index contributed by atoms with van der Waals surface area (Å²) < 4.78 is 14.0. The highest BCUT2D eigenvalue weighted by molar-refractivity contribution is 5.84. The summed E-state index contributed by atoms with van der Waals surface area (Å²) >= 11 is 0. The molecule has 0 N–H and O–H groups in total. The van der Waals surface area contributed by atoms with E-state index in [1.165, 1.54) is 39.3 Å². The SMILES string of the molecule is CC1=C(N2C=C(c3ccccc3)N(c3c(C)cc(C)cc3C)C2)[C@@H](C)CC(F)=C1. The highest BCUT2D eigenvalue weighted by Crippen LogP contribution is 2.40. The normalized spacial score (nSPS) is 19.6. The van der Waals surface area contributed by atoms with Crippen LogP contribution in [0.3, 0.4) is 0 Å². The molecule has 0 radical (unpaired) electrons. The Labute approximate surface area is 173 Å². The quantitative estimate of drug-likeness (QED) is 0.567. The molecule has 0 saturated heterocycles. The third kappa shape index (κ3) is 3.62. The van der Waals surface area contributed by atoms with Gasteiger partial charge in [0.05, 0.1) is 12.4 Å². The first kappa shape index (κ1) is 19.5. The summed E-state index contributed by atoms with van der Waals surface area (Å²) in [6.07, 6.45) is 4.40. The predicted octanol–water partition coefficient (Wildman–Crippen LogP) is 6.86. The molecule has 0 spiro atoms. The molecule has 1 aliphatic heterocycles. The van der Waals surface area contributed by atoms with E-state index < -0.39 is 0 Å². The van der Waals surface area contributed by atoms with Gasteiger partial charge in [-0.1, -0.05) is 55.0 Å². The van der Waals surface area contributed by atoms with Crippen molar-refractivity contribution in [3.63, 3.8) is 0 Å². The van der Waals surface area contributed by atoms with Gasteiger partial charge in [0, 0.05) is 29.9 Å². The Morgan fingerprint density at radius 2 is 1.62 bits per heavy atom. The maximum Gasteiger partial charge on any atom is 0.101 e. The first-order valence-electron chi connectivity index (χ1n) is 10.3. The number of anilines is 1. The van der Waals surface area contributed by atoms with Gasteiger partial charge >= 0.3 is 0 Å². The molecular formula is C26H29FN2. The van der Waals surface area contributed by atoms with E-state index in [0.29, 0.717) is 6.42 Å². The molecule has 1 aliphatic carbocycles. The van der Waals surface area contributed by atoms with Crippen LogP contribution < -0.4 is 4.90 Å². The summed E-state index contributed by atoms with van der Waals surface area (Å²) in [6.45, 7) is 11.4. The molecule has 2 nitrogen and oxygen atoms in total. The molecule has 2 aromatic carbocycles. The smallest absolute Gasteiger partial charge is 0.101 e. The predicted molar refractivity (Wildman–Crippen MR) is 120 cm³/mol. The molecule has 29 heavy (non-hydrogen) atoms. The van der Waals surface area contributed by atoms with Crippen molar-refractivity contribution < 1.29 is 4.39 Å². The molecule has 0 fully saturated rings. The number of allylic oxidation sites excluding steroid dienone is 4. The summed E-state index contributed by atoms with van der Waals surface area (Å²) in [7, 11) is 0. The molecule has 1 heterocycles. The highest BCUT2D eigenvalue weighted by atomic mass is 19.1. The maximum absolute atomic E-state index is 14.0. The van der Waals surface area contributed by atoms with Crippen LogP contribution in [0.15, 0.2) is 71.8 Å². The number of benzene rings is 2. The topological polar surface area (TPSA) is 6.48 Å². The minimum atomic E-state index is -0.0210. The highest BCUT2D eigenvalue weighted by Gasteiger charge is 2.31. The van der Waals surface area contributed by atoms with Gasteiger partial charge < -0.3 is 9.80 Å². The zero-order valence-electron chi connectivity index (χ0n) is 18.0. The molecule has 0 bridgehead atoms. The van der Waals surface area contributed by atoms with Gasteiger partial charge in [-0.05, 0) is 56.0 Å². The minimum absolute atomic E-state index is 0.0210. The van der Waals surface area contributed by atoms with E-state index >= 15 is 0 Å². The lowest BCUT2D eigenvalue weighted by molar-refractivity contribution is 0.396. The second-order valence-corrected chi connectivity index (χ2v) is 8.43. The Balaban J connectivity index is 1.83. The fourth-order valence-electron chi connectivity index (χ4n) is 4.92. The summed E-state index contributed by atoms with van der Waals surface area (Å²) in [5.74, 6) is 0.140. The average molecular weight is 389 g/mol. The Morgan fingerprint density at radius 3 is 2.24 bits per heavy atom. The van der Waals surface area contributed by atoms with E-state index in [4.69, 9.17) is 0 Å². The van der Waals surface area contributed by atoms with E-state index in [9.17, 15) is 4.39 Å². The first-order chi connectivity index (χ1) is 13.8. The molecule has 1 atom stereocenters. The second kappa shape index (κ2) is 7.55. The number of nitrogens with zero attached hydrogens (tertiary/aromatic N) is 2. The van der Waals surface area contributed by atoms with Gasteiger partial charge in [-0.3, -0.25) is 0 Å². The van der Waals surface area contributed by atoms with Gasteiger partial charge in [0.25, 0.3) is 0 Å². The lowest BCUT2D eigenvalue weighted by atomic mass is 9.93. The van der Waals surface area contributed by atoms with Crippen molar-refractivity contribution in [1.82, 2.24) is 4.90 Å². The standard InChI is InChI=1S/C26H29FN2/c1-17-11-18(2)26(19(3)12-17)29-16-28(15-24(29)22-9-7-6-8-10-22)25-20(4)13-23(27)14-21(25)5/h6-13,15,21H,14,16H2,1-5H3/t21-/m0/s1. The molecule has 4 rings (SSSR count). The van der Waals surface area contributed by atoms with Gasteiger partial charge in [-0.25, -0.2) is 4.39 Å². The van der Waals surface area contributed by atoms with Crippen LogP contribution in [0.1, 0.15) is 42.5 Å². The number of hydrogen-bond donors (Lipinski definition) is 0. The van der Waals surface area contributed by atoms with Gasteiger partial charge in [0.2, 0.25) is 0 Å². The summed E-state index contributed by atoms with van der Waals surface area (Å²) in [5.41, 5.74) is 9.70. The molecule has 2 aromatic rings. The van der Waals surface area contributed by atoms with Gasteiger partial charge in [0.15, 0.2) is 0 Å². The van der Waals surface area contributed by atoms with Crippen molar-refractivity contribution in [3.8, 4) is 0 Å². The Kier molecular flexibility index (Phi) is 5.08. The third-order valence-electron chi connectivity index (χ3n) is 5.89. The van der Waals surface area contributed by atoms with Crippen molar-refractivity contribution in [2.24, 2.45) is 5.92 Å². The van der Waals surface area contributed by atoms with Crippen LogP contribution in [0, 0.1) is 26.7 Å². The first-order valence-corrected chi connectivity index (χ1v) is 10.3. The maximum atomic E-state index is 14.0. The van der Waals surface area contributed by atoms with Crippen LogP contribution in [0.4, 0.5) is 10.1 Å².